The molecule has 3 radical (unpaired) electrons. The summed E-state index contributed by atoms with van der Waals surface area (Å²) in [5.74, 6) is -0.719. The van der Waals surface area contributed by atoms with Gasteiger partial charge in [0.1, 0.15) is 0 Å². The zero-order chi connectivity index (χ0) is 22.3. The quantitative estimate of drug-likeness (QED) is 0.256. The number of carbonyl (C=O) groups excluding carboxylic acids is 3. The van der Waals surface area contributed by atoms with Crippen LogP contribution in [0.3, 0.4) is 0 Å². The molecule has 2 rings (SSSR count). The topological polar surface area (TPSA) is 118 Å². The second-order valence-corrected chi connectivity index (χ2v) is 5.56. The number of unbranched alkanes of at least 4 members (excludes halogenated alkanes) is 2. The average molecular weight is 585 g/mol. The van der Waals surface area contributed by atoms with Crippen LogP contribution in [-0.4, -0.2) is 52.9 Å². The van der Waals surface area contributed by atoms with Crippen LogP contribution in [-0.2, 0) is 52.7 Å². The first-order valence-electron chi connectivity index (χ1n) is 8.62. The predicted molar refractivity (Wildman–Crippen MR) is 107 cm³/mol. The molecule has 163 valence electrons. The van der Waals surface area contributed by atoms with Gasteiger partial charge in [-0.25, -0.2) is 0 Å². The molecule has 0 saturated heterocycles. The molecule has 0 aromatic carbocycles. The van der Waals surface area contributed by atoms with Crippen LogP contribution in [0.5, 0.6) is 0 Å². The third-order valence-electron chi connectivity index (χ3n) is 3.59. The molecule has 9 heteroatoms. The van der Waals surface area contributed by atoms with Crippen molar-refractivity contribution >= 4 is 26.3 Å². The van der Waals surface area contributed by atoms with Gasteiger partial charge in [0.25, 0.3) is 0 Å². The van der Waals surface area contributed by atoms with Gasteiger partial charge in [-0.3, -0.25) is 26.5 Å². The van der Waals surface area contributed by atoms with E-state index in [1.54, 1.807) is 12.4 Å². The molecule has 0 aliphatic carbocycles. The van der Waals surface area contributed by atoms with Gasteiger partial charge in [-0.15, -0.1) is 0 Å². The van der Waals surface area contributed by atoms with Gasteiger partial charge in [-0.1, -0.05) is 18.6 Å². The Bertz CT molecular complexity index is 589. The molecule has 8 nitrogen and oxygen atoms in total. The summed E-state index contributed by atoms with van der Waals surface area (Å²) in [4.78, 5) is 44.4. The SMILES string of the molecule is O=C(O)CCCCCN(Cc1ccccn1)Cc1ccccn1.[C-]=O.[C-]=O.[CH-]=O.[Re]. The summed E-state index contributed by atoms with van der Waals surface area (Å²) in [6, 6.07) is 11.9. The average Bonchev–Trinajstić information content (AvgIpc) is 2.79. The number of carboxylic acid groups (broad SMARTS) is 1. The van der Waals surface area contributed by atoms with Gasteiger partial charge in [0.15, 0.2) is 0 Å². The van der Waals surface area contributed by atoms with E-state index in [1.807, 2.05) is 36.4 Å². The summed E-state index contributed by atoms with van der Waals surface area (Å²) in [5.41, 5.74) is 2.07. The van der Waals surface area contributed by atoms with Crippen LogP contribution in [0.4, 0.5) is 0 Å². The maximum absolute atomic E-state index is 10.6. The molecule has 0 saturated carbocycles. The van der Waals surface area contributed by atoms with Crippen molar-refractivity contribution in [3.63, 3.8) is 0 Å². The van der Waals surface area contributed by atoms with Crippen LogP contribution in [0.2, 0.25) is 0 Å². The zero-order valence-electron chi connectivity index (χ0n) is 16.4. The molecule has 0 aliphatic heterocycles. The predicted octanol–water partition coefficient (Wildman–Crippen LogP) is 2.05. The Morgan fingerprint density at radius 2 is 1.33 bits per heavy atom. The molecule has 0 spiro atoms. The summed E-state index contributed by atoms with van der Waals surface area (Å²) < 4.78 is 0. The Balaban J connectivity index is -0.000000955. The third kappa shape index (κ3) is 17.5. The van der Waals surface area contributed by atoms with Gasteiger partial charge in [-0.2, -0.15) is 0 Å². The fourth-order valence-electron chi connectivity index (χ4n) is 2.44. The van der Waals surface area contributed by atoms with E-state index in [1.165, 1.54) is 0 Å². The maximum atomic E-state index is 10.6. The Morgan fingerprint density at radius 1 is 0.867 bits per heavy atom. The van der Waals surface area contributed by atoms with Crippen molar-refractivity contribution < 1.29 is 44.7 Å². The Labute approximate surface area is 191 Å². The van der Waals surface area contributed by atoms with E-state index in [0.29, 0.717) is 0 Å². The summed E-state index contributed by atoms with van der Waals surface area (Å²) in [5, 5.41) is 8.68. The number of carboxylic acids is 1. The first kappa shape index (κ1) is 32.1. The molecule has 30 heavy (non-hydrogen) atoms. The minimum atomic E-state index is -0.719. The second kappa shape index (κ2) is 24.4. The maximum Gasteiger partial charge on any atom is 0.303 e. The first-order chi connectivity index (χ1) is 14.2. The second-order valence-electron chi connectivity index (χ2n) is 5.56. The standard InChI is InChI=1S/C18H23N3O2.CHO.2CO.Re/c22-18(23)10-2-1-7-13-21(14-16-8-3-5-11-19-16)15-17-9-4-6-12-20-17;3*1-2;/h3-6,8-9,11-12H,1-2,7,10,13-15H2,(H,22,23);1H;;;/q;3*-1;. The molecule has 0 atom stereocenters. The number of pyridine rings is 2. The van der Waals surface area contributed by atoms with Crippen molar-refractivity contribution in [1.29, 1.82) is 0 Å². The Morgan fingerprint density at radius 3 is 1.70 bits per heavy atom. The fourth-order valence-corrected chi connectivity index (χ4v) is 2.44. The minimum absolute atomic E-state index is 0. The Hall–Kier alpha value is -2.60. The van der Waals surface area contributed by atoms with Gasteiger partial charge >= 0.3 is 5.97 Å². The van der Waals surface area contributed by atoms with Gasteiger partial charge in [-0.05, 0) is 43.7 Å². The van der Waals surface area contributed by atoms with Crippen molar-refractivity contribution in [2.45, 2.75) is 38.8 Å². The Kier molecular flexibility index (Phi) is 26.1. The molecule has 1 N–H and O–H groups in total. The molecule has 2 aromatic heterocycles. The third-order valence-corrected chi connectivity index (χ3v) is 3.59. The normalized spacial score (nSPS) is 8.70. The summed E-state index contributed by atoms with van der Waals surface area (Å²) in [6.07, 6.45) is 6.50. The molecule has 0 unspecified atom stereocenters. The van der Waals surface area contributed by atoms with Crippen molar-refractivity contribution in [2.24, 2.45) is 0 Å². The molecule has 0 fully saturated rings. The van der Waals surface area contributed by atoms with E-state index < -0.39 is 5.97 Å². The van der Waals surface area contributed by atoms with Crippen molar-refractivity contribution in [2.75, 3.05) is 6.54 Å². The van der Waals surface area contributed by atoms with E-state index in [0.717, 1.165) is 50.3 Å². The first-order valence-corrected chi connectivity index (χ1v) is 8.62. The number of aliphatic carboxylic acids is 1. The van der Waals surface area contributed by atoms with Gasteiger partial charge in [0, 0.05) is 52.3 Å². The largest absolute Gasteiger partial charge is 0.573 e. The summed E-state index contributed by atoms with van der Waals surface area (Å²) >= 11 is 0. The number of hydrogen-bond acceptors (Lipinski definition) is 7. The molecule has 2 heterocycles. The number of hydrogen-bond donors (Lipinski definition) is 1. The fraction of sp³-hybridized carbons (Fsp3) is 0.333. The van der Waals surface area contributed by atoms with Crippen LogP contribution in [0, 0.1) is 0 Å². The van der Waals surface area contributed by atoms with Crippen molar-refractivity contribution in [3.8, 4) is 0 Å². The molecular weight excluding hydrogens is 560 g/mol. The van der Waals surface area contributed by atoms with E-state index in [-0.39, 0.29) is 26.8 Å². The molecular formula is C21H24N3O5Re-3. The monoisotopic (exact) mass is 585 g/mol. The molecule has 2 aromatic rings. The number of nitrogens with zero attached hydrogens (tertiary/aromatic N) is 3. The minimum Gasteiger partial charge on any atom is -0.573 e. The molecule has 0 amide bonds. The van der Waals surface area contributed by atoms with Crippen LogP contribution in [0.1, 0.15) is 37.1 Å². The number of carbonyl (C=O) groups is 1. The molecule has 0 aliphatic rings. The van der Waals surface area contributed by atoms with Gasteiger partial charge in [0.2, 0.25) is 0 Å². The smallest absolute Gasteiger partial charge is 0.303 e. The summed E-state index contributed by atoms with van der Waals surface area (Å²) in [6.45, 7) is 14.7. The molecule has 0 bridgehead atoms. The van der Waals surface area contributed by atoms with Crippen molar-refractivity contribution in [3.05, 3.63) is 60.2 Å². The van der Waals surface area contributed by atoms with Crippen LogP contribution in [0.15, 0.2) is 48.8 Å². The van der Waals surface area contributed by atoms with Gasteiger partial charge < -0.3 is 33.1 Å². The van der Waals surface area contributed by atoms with E-state index >= 15 is 0 Å². The summed E-state index contributed by atoms with van der Waals surface area (Å²) in [7, 11) is 0. The van der Waals surface area contributed by atoms with E-state index in [2.05, 4.69) is 35.2 Å². The van der Waals surface area contributed by atoms with Crippen LogP contribution >= 0.6 is 0 Å². The van der Waals surface area contributed by atoms with Crippen LogP contribution in [0.25, 0.3) is 0 Å². The number of aromatic nitrogens is 2. The van der Waals surface area contributed by atoms with E-state index in [9.17, 15) is 4.79 Å². The van der Waals surface area contributed by atoms with Crippen LogP contribution < -0.4 is 0 Å². The van der Waals surface area contributed by atoms with Gasteiger partial charge in [0.05, 0.1) is 11.4 Å². The van der Waals surface area contributed by atoms with E-state index in [4.69, 9.17) is 19.5 Å². The zero-order valence-corrected chi connectivity index (χ0v) is 19.2. The van der Waals surface area contributed by atoms with Crippen molar-refractivity contribution in [1.82, 2.24) is 14.9 Å². The number of rotatable bonds is 10.